The predicted octanol–water partition coefficient (Wildman–Crippen LogP) is 4.93. The van der Waals surface area contributed by atoms with Crippen molar-refractivity contribution in [3.8, 4) is 17.6 Å². The maximum absolute atomic E-state index is 13.9. The molecule has 2 aromatic rings. The number of benzene rings is 2. The minimum atomic E-state index is -0.893. The lowest BCUT2D eigenvalue weighted by Gasteiger charge is -2.22. The van der Waals surface area contributed by atoms with Crippen LogP contribution in [0.25, 0.3) is 0 Å². The molecular formula is C17H15F2NO. The Bertz CT molecular complexity index is 688. The van der Waals surface area contributed by atoms with Crippen molar-refractivity contribution in [2.24, 2.45) is 0 Å². The molecule has 4 heteroatoms. The second-order valence-corrected chi connectivity index (χ2v) is 5.73. The third-order valence-electron chi connectivity index (χ3n) is 3.03. The van der Waals surface area contributed by atoms with Gasteiger partial charge in [-0.1, -0.05) is 39.0 Å². The fourth-order valence-corrected chi connectivity index (χ4v) is 2.01. The van der Waals surface area contributed by atoms with E-state index in [1.165, 1.54) is 0 Å². The zero-order valence-electron chi connectivity index (χ0n) is 12.1. The maximum atomic E-state index is 13.9. The summed E-state index contributed by atoms with van der Waals surface area (Å²) in [7, 11) is 0. The number of para-hydroxylation sites is 1. The minimum Gasteiger partial charge on any atom is -0.451 e. The third kappa shape index (κ3) is 3.19. The molecule has 108 valence electrons. The van der Waals surface area contributed by atoms with Crippen molar-refractivity contribution in [2.45, 2.75) is 26.2 Å². The third-order valence-corrected chi connectivity index (χ3v) is 3.03. The van der Waals surface area contributed by atoms with Gasteiger partial charge in [0.2, 0.25) is 0 Å². The smallest absolute Gasteiger partial charge is 0.198 e. The first-order chi connectivity index (χ1) is 9.82. The molecular weight excluding hydrogens is 272 g/mol. The van der Waals surface area contributed by atoms with Gasteiger partial charge in [-0.15, -0.1) is 0 Å². The van der Waals surface area contributed by atoms with Gasteiger partial charge in [0.1, 0.15) is 5.75 Å². The number of rotatable bonds is 2. The molecule has 0 N–H and O–H groups in total. The normalized spacial score (nSPS) is 11.0. The van der Waals surface area contributed by atoms with E-state index in [-0.39, 0.29) is 11.0 Å². The van der Waals surface area contributed by atoms with E-state index in [0.717, 1.165) is 17.7 Å². The minimum absolute atomic E-state index is 0.0820. The maximum Gasteiger partial charge on any atom is 0.198 e. The fraction of sp³-hybridized carbons (Fsp3) is 0.235. The Morgan fingerprint density at radius 2 is 1.62 bits per heavy atom. The fourth-order valence-electron chi connectivity index (χ4n) is 2.01. The molecule has 0 heterocycles. The Kier molecular flexibility index (Phi) is 3.95. The highest BCUT2D eigenvalue weighted by molar-refractivity contribution is 5.44. The molecule has 0 aliphatic carbocycles. The van der Waals surface area contributed by atoms with Crippen molar-refractivity contribution < 1.29 is 13.5 Å². The highest BCUT2D eigenvalue weighted by Gasteiger charge is 2.21. The van der Waals surface area contributed by atoms with Crippen LogP contribution in [0.1, 0.15) is 31.9 Å². The summed E-state index contributed by atoms with van der Waals surface area (Å²) in [6, 6.07) is 10.7. The Morgan fingerprint density at radius 3 is 2.14 bits per heavy atom. The largest absolute Gasteiger partial charge is 0.451 e. The Morgan fingerprint density at radius 1 is 1.05 bits per heavy atom. The van der Waals surface area contributed by atoms with Gasteiger partial charge in [0.05, 0.1) is 11.6 Å². The van der Waals surface area contributed by atoms with Gasteiger partial charge in [-0.2, -0.15) is 5.26 Å². The molecule has 0 aliphatic heterocycles. The van der Waals surface area contributed by atoms with Crippen LogP contribution in [0.5, 0.6) is 11.5 Å². The molecule has 2 rings (SSSR count). The molecule has 0 atom stereocenters. The van der Waals surface area contributed by atoms with Crippen molar-refractivity contribution in [2.75, 3.05) is 0 Å². The van der Waals surface area contributed by atoms with Crippen molar-refractivity contribution in [1.29, 1.82) is 5.26 Å². The van der Waals surface area contributed by atoms with Crippen molar-refractivity contribution in [3.63, 3.8) is 0 Å². The summed E-state index contributed by atoms with van der Waals surface area (Å²) in [5.41, 5.74) is 0.533. The summed E-state index contributed by atoms with van der Waals surface area (Å²) < 4.78 is 33.2. The summed E-state index contributed by atoms with van der Waals surface area (Å²) in [6.07, 6.45) is 0. The molecule has 0 fully saturated rings. The van der Waals surface area contributed by atoms with Crippen LogP contribution in [0.4, 0.5) is 8.78 Å². The van der Waals surface area contributed by atoms with Gasteiger partial charge in [0, 0.05) is 5.56 Å². The van der Waals surface area contributed by atoms with Crippen molar-refractivity contribution >= 4 is 0 Å². The van der Waals surface area contributed by atoms with Gasteiger partial charge >= 0.3 is 0 Å². The number of halogens is 2. The van der Waals surface area contributed by atoms with Gasteiger partial charge in [-0.05, 0) is 23.6 Å². The van der Waals surface area contributed by atoms with E-state index < -0.39 is 17.4 Å². The van der Waals surface area contributed by atoms with E-state index in [2.05, 4.69) is 0 Å². The molecule has 0 unspecified atom stereocenters. The van der Waals surface area contributed by atoms with Crippen LogP contribution >= 0.6 is 0 Å². The molecule has 0 aliphatic rings. The van der Waals surface area contributed by atoms with E-state index in [4.69, 9.17) is 10.00 Å². The van der Waals surface area contributed by atoms with Gasteiger partial charge in [-0.3, -0.25) is 0 Å². The van der Waals surface area contributed by atoms with Gasteiger partial charge in [0.15, 0.2) is 17.4 Å². The number of nitriles is 1. The first kappa shape index (κ1) is 15.0. The molecule has 0 saturated heterocycles. The monoisotopic (exact) mass is 287 g/mol. The molecule has 0 radical (unpaired) electrons. The van der Waals surface area contributed by atoms with Gasteiger partial charge < -0.3 is 4.74 Å². The topological polar surface area (TPSA) is 33.0 Å². The Balaban J connectivity index is 2.48. The van der Waals surface area contributed by atoms with E-state index in [0.29, 0.717) is 5.75 Å². The van der Waals surface area contributed by atoms with E-state index in [1.54, 1.807) is 18.2 Å². The van der Waals surface area contributed by atoms with Crippen LogP contribution in [0.15, 0.2) is 36.4 Å². The van der Waals surface area contributed by atoms with Gasteiger partial charge in [-0.25, -0.2) is 8.78 Å². The summed E-state index contributed by atoms with van der Waals surface area (Å²) in [6.45, 7) is 5.96. The van der Waals surface area contributed by atoms with E-state index >= 15 is 0 Å². The first-order valence-corrected chi connectivity index (χ1v) is 6.49. The SMILES string of the molecule is CC(C)(C)c1ccccc1Oc1c(F)cc(C#N)cc1F. The summed E-state index contributed by atoms with van der Waals surface area (Å²) >= 11 is 0. The first-order valence-electron chi connectivity index (χ1n) is 6.49. The number of ether oxygens (including phenoxy) is 1. The van der Waals surface area contributed by atoms with Crippen LogP contribution in [0, 0.1) is 23.0 Å². The number of hydrogen-bond donors (Lipinski definition) is 0. The molecule has 0 bridgehead atoms. The van der Waals surface area contributed by atoms with Crippen LogP contribution < -0.4 is 4.74 Å². The summed E-state index contributed by atoms with van der Waals surface area (Å²) in [5.74, 6) is -1.89. The zero-order valence-corrected chi connectivity index (χ0v) is 12.1. The highest BCUT2D eigenvalue weighted by atomic mass is 19.1. The van der Waals surface area contributed by atoms with Crippen molar-refractivity contribution in [1.82, 2.24) is 0 Å². The second kappa shape index (κ2) is 5.53. The molecule has 0 aromatic heterocycles. The lowest BCUT2D eigenvalue weighted by atomic mass is 9.86. The standard InChI is InChI=1S/C17H15F2NO/c1-17(2,3)12-6-4-5-7-15(12)21-16-13(18)8-11(10-20)9-14(16)19/h4-9H,1-3H3. The average molecular weight is 287 g/mol. The van der Waals surface area contributed by atoms with Crippen molar-refractivity contribution in [3.05, 3.63) is 59.2 Å². The Labute approximate surface area is 122 Å². The highest BCUT2D eigenvalue weighted by Crippen LogP contribution is 2.36. The predicted molar refractivity (Wildman–Crippen MR) is 76.3 cm³/mol. The van der Waals surface area contributed by atoms with Gasteiger partial charge in [0.25, 0.3) is 0 Å². The lowest BCUT2D eigenvalue weighted by molar-refractivity contribution is 0.395. The van der Waals surface area contributed by atoms with E-state index in [1.807, 2.05) is 32.9 Å². The zero-order chi connectivity index (χ0) is 15.6. The molecule has 21 heavy (non-hydrogen) atoms. The quantitative estimate of drug-likeness (QED) is 0.785. The Hall–Kier alpha value is -2.41. The molecule has 2 nitrogen and oxygen atoms in total. The van der Waals surface area contributed by atoms with Crippen LogP contribution in [-0.4, -0.2) is 0 Å². The molecule has 0 saturated carbocycles. The molecule has 0 spiro atoms. The number of nitrogens with zero attached hydrogens (tertiary/aromatic N) is 1. The van der Waals surface area contributed by atoms with Crippen LogP contribution in [-0.2, 0) is 5.41 Å². The number of hydrogen-bond acceptors (Lipinski definition) is 2. The molecule has 2 aromatic carbocycles. The second-order valence-electron chi connectivity index (χ2n) is 5.73. The lowest BCUT2D eigenvalue weighted by Crippen LogP contribution is -2.12. The van der Waals surface area contributed by atoms with Crippen LogP contribution in [0.2, 0.25) is 0 Å². The average Bonchev–Trinajstić information content (AvgIpc) is 2.42. The summed E-state index contributed by atoms with van der Waals surface area (Å²) in [5, 5.41) is 8.69. The molecule has 0 amide bonds. The van der Waals surface area contributed by atoms with E-state index in [9.17, 15) is 8.78 Å². The van der Waals surface area contributed by atoms with Crippen LogP contribution in [0.3, 0.4) is 0 Å². The summed E-state index contributed by atoms with van der Waals surface area (Å²) in [4.78, 5) is 0.